The van der Waals surface area contributed by atoms with E-state index in [1.54, 1.807) is 0 Å². The van der Waals surface area contributed by atoms with E-state index >= 15 is 0 Å². The first kappa shape index (κ1) is 13.3. The van der Waals surface area contributed by atoms with Crippen LogP contribution in [0.4, 0.5) is 4.79 Å². The van der Waals surface area contributed by atoms with Gasteiger partial charge in [0, 0.05) is 26.1 Å². The molecule has 2 heterocycles. The number of urea groups is 1. The molecule has 0 aromatic carbocycles. The molecule has 0 unspecified atom stereocenters. The van der Waals surface area contributed by atoms with Gasteiger partial charge in [0.1, 0.15) is 0 Å². The maximum Gasteiger partial charge on any atom is 0.317 e. The van der Waals surface area contributed by atoms with E-state index < -0.39 is 11.9 Å². The van der Waals surface area contributed by atoms with Gasteiger partial charge in [-0.05, 0) is 5.92 Å². The van der Waals surface area contributed by atoms with Crippen molar-refractivity contribution in [2.45, 2.75) is 13.3 Å². The highest BCUT2D eigenvalue weighted by Crippen LogP contribution is 2.22. The number of aromatic nitrogens is 2. The highest BCUT2D eigenvalue weighted by Gasteiger charge is 2.36. The van der Waals surface area contributed by atoms with Crippen molar-refractivity contribution in [1.82, 2.24) is 20.4 Å². The number of carbonyl (C=O) groups excluding carboxylic acids is 1. The second-order valence-electron chi connectivity index (χ2n) is 4.66. The van der Waals surface area contributed by atoms with Gasteiger partial charge in [-0.1, -0.05) is 12.1 Å². The van der Waals surface area contributed by atoms with Gasteiger partial charge in [0.25, 0.3) is 0 Å². The van der Waals surface area contributed by atoms with Crippen LogP contribution in [0, 0.1) is 11.8 Å². The zero-order valence-electron chi connectivity index (χ0n) is 10.6. The third kappa shape index (κ3) is 3.21. The Morgan fingerprint density at radius 1 is 1.58 bits per heavy atom. The summed E-state index contributed by atoms with van der Waals surface area (Å²) < 4.78 is 4.58. The normalized spacial score (nSPS) is 22.5. The topological polar surface area (TPSA) is 109 Å². The first-order chi connectivity index (χ1) is 9.08. The average Bonchev–Trinajstić information content (AvgIpc) is 2.98. The van der Waals surface area contributed by atoms with Gasteiger partial charge in [0.15, 0.2) is 5.82 Å². The molecule has 8 heteroatoms. The van der Waals surface area contributed by atoms with Crippen LogP contribution in [0.5, 0.6) is 0 Å². The van der Waals surface area contributed by atoms with Crippen LogP contribution in [-0.2, 0) is 11.2 Å². The molecule has 104 valence electrons. The maximum atomic E-state index is 11.8. The van der Waals surface area contributed by atoms with Gasteiger partial charge in [-0.15, -0.1) is 0 Å². The number of amides is 2. The van der Waals surface area contributed by atoms with Crippen molar-refractivity contribution in [2.24, 2.45) is 11.8 Å². The molecule has 0 saturated carbocycles. The largest absolute Gasteiger partial charge is 0.481 e. The van der Waals surface area contributed by atoms with Crippen molar-refractivity contribution in [3.05, 3.63) is 12.2 Å². The quantitative estimate of drug-likeness (QED) is 0.794. The molecule has 1 aliphatic heterocycles. The molecule has 0 spiro atoms. The molecule has 0 aliphatic carbocycles. The zero-order chi connectivity index (χ0) is 13.8. The van der Waals surface area contributed by atoms with Crippen LogP contribution in [0.1, 0.15) is 12.7 Å². The molecule has 2 amide bonds. The van der Waals surface area contributed by atoms with E-state index in [2.05, 4.69) is 20.0 Å². The van der Waals surface area contributed by atoms with Crippen molar-refractivity contribution < 1.29 is 19.2 Å². The van der Waals surface area contributed by atoms with Crippen molar-refractivity contribution in [1.29, 1.82) is 0 Å². The number of carboxylic acid groups (broad SMARTS) is 1. The number of nitrogens with one attached hydrogen (secondary N) is 1. The van der Waals surface area contributed by atoms with Crippen LogP contribution in [0.15, 0.2) is 10.9 Å². The molecule has 1 aromatic heterocycles. The highest BCUT2D eigenvalue weighted by atomic mass is 16.5. The number of hydrogen-bond acceptors (Lipinski definition) is 5. The molecule has 1 aromatic rings. The van der Waals surface area contributed by atoms with E-state index in [1.807, 2.05) is 6.92 Å². The SMILES string of the molecule is C[C@@H]1CN(C(=O)NCCc2ncon2)C[C@H]1C(=O)O. The van der Waals surface area contributed by atoms with Gasteiger partial charge in [0.05, 0.1) is 5.92 Å². The molecule has 8 nitrogen and oxygen atoms in total. The van der Waals surface area contributed by atoms with E-state index in [0.717, 1.165) is 0 Å². The maximum absolute atomic E-state index is 11.8. The van der Waals surface area contributed by atoms with Gasteiger partial charge in [-0.2, -0.15) is 4.98 Å². The van der Waals surface area contributed by atoms with Gasteiger partial charge in [-0.3, -0.25) is 4.79 Å². The number of aliphatic carboxylic acids is 1. The Labute approximate surface area is 109 Å². The Balaban J connectivity index is 1.76. The summed E-state index contributed by atoms with van der Waals surface area (Å²) >= 11 is 0. The number of hydrogen-bond donors (Lipinski definition) is 2. The molecule has 1 aliphatic rings. The molecule has 19 heavy (non-hydrogen) atoms. The van der Waals surface area contributed by atoms with E-state index in [1.165, 1.54) is 11.3 Å². The smallest absolute Gasteiger partial charge is 0.317 e. The van der Waals surface area contributed by atoms with Gasteiger partial charge in [0.2, 0.25) is 6.39 Å². The lowest BCUT2D eigenvalue weighted by Crippen LogP contribution is -2.39. The Bertz CT molecular complexity index is 448. The fraction of sp³-hybridized carbons (Fsp3) is 0.636. The molecule has 2 rings (SSSR count). The second-order valence-corrected chi connectivity index (χ2v) is 4.66. The lowest BCUT2D eigenvalue weighted by Gasteiger charge is -2.16. The minimum Gasteiger partial charge on any atom is -0.481 e. The van der Waals surface area contributed by atoms with Crippen LogP contribution in [0.3, 0.4) is 0 Å². The van der Waals surface area contributed by atoms with Gasteiger partial charge < -0.3 is 19.8 Å². The Morgan fingerprint density at radius 3 is 2.95 bits per heavy atom. The predicted molar refractivity (Wildman–Crippen MR) is 63.3 cm³/mol. The Kier molecular flexibility index (Phi) is 3.98. The lowest BCUT2D eigenvalue weighted by atomic mass is 9.99. The minimum absolute atomic E-state index is 0.0274. The fourth-order valence-corrected chi connectivity index (χ4v) is 2.15. The van der Waals surface area contributed by atoms with Crippen molar-refractivity contribution in [3.63, 3.8) is 0 Å². The first-order valence-electron chi connectivity index (χ1n) is 6.08. The van der Waals surface area contributed by atoms with E-state index in [4.69, 9.17) is 5.11 Å². The van der Waals surface area contributed by atoms with Crippen LogP contribution in [0.25, 0.3) is 0 Å². The third-order valence-electron chi connectivity index (χ3n) is 3.25. The predicted octanol–water partition coefficient (Wildman–Crippen LogP) is -0.0258. The number of carboxylic acids is 1. The van der Waals surface area contributed by atoms with Crippen LogP contribution in [0.2, 0.25) is 0 Å². The highest BCUT2D eigenvalue weighted by molar-refractivity contribution is 5.77. The molecule has 2 atom stereocenters. The van der Waals surface area contributed by atoms with Gasteiger partial charge >= 0.3 is 12.0 Å². The molecular weight excluding hydrogens is 252 g/mol. The lowest BCUT2D eigenvalue weighted by molar-refractivity contribution is -0.142. The van der Waals surface area contributed by atoms with E-state index in [-0.39, 0.29) is 18.5 Å². The minimum atomic E-state index is -0.852. The molecule has 1 fully saturated rings. The number of carbonyl (C=O) groups is 2. The summed E-state index contributed by atoms with van der Waals surface area (Å²) in [6, 6.07) is -0.251. The van der Waals surface area contributed by atoms with Gasteiger partial charge in [-0.25, -0.2) is 4.79 Å². The number of likely N-dealkylation sites (tertiary alicyclic amines) is 1. The summed E-state index contributed by atoms with van der Waals surface area (Å²) in [5.74, 6) is -0.837. The summed E-state index contributed by atoms with van der Waals surface area (Å²) in [5.41, 5.74) is 0. The molecule has 1 saturated heterocycles. The van der Waals surface area contributed by atoms with Crippen molar-refractivity contribution in [2.75, 3.05) is 19.6 Å². The van der Waals surface area contributed by atoms with Crippen molar-refractivity contribution in [3.8, 4) is 0 Å². The van der Waals surface area contributed by atoms with Crippen LogP contribution < -0.4 is 5.32 Å². The van der Waals surface area contributed by atoms with Crippen LogP contribution in [-0.4, -0.2) is 51.8 Å². The molecule has 0 radical (unpaired) electrons. The summed E-state index contributed by atoms with van der Waals surface area (Å²) in [4.78, 5) is 28.2. The standard InChI is InChI=1S/C11H16N4O4/c1-7-4-15(5-8(7)10(16)17)11(18)12-3-2-9-13-6-19-14-9/h6-8H,2-5H2,1H3,(H,12,18)(H,16,17)/t7-,8-/m1/s1. The summed E-state index contributed by atoms with van der Waals surface area (Å²) in [6.07, 6.45) is 1.71. The Hall–Kier alpha value is -2.12. The van der Waals surface area contributed by atoms with E-state index in [0.29, 0.717) is 25.3 Å². The van der Waals surface area contributed by atoms with Crippen molar-refractivity contribution >= 4 is 12.0 Å². The monoisotopic (exact) mass is 268 g/mol. The molecular formula is C11H16N4O4. The van der Waals surface area contributed by atoms with E-state index in [9.17, 15) is 9.59 Å². The summed E-state index contributed by atoms with van der Waals surface area (Å²) in [5, 5.41) is 15.3. The molecule has 0 bridgehead atoms. The summed E-state index contributed by atoms with van der Waals surface area (Å²) in [6.45, 7) is 2.95. The average molecular weight is 268 g/mol. The van der Waals surface area contributed by atoms with Crippen LogP contribution >= 0.6 is 0 Å². The number of nitrogens with zero attached hydrogens (tertiary/aromatic N) is 3. The Morgan fingerprint density at radius 2 is 2.37 bits per heavy atom. The fourth-order valence-electron chi connectivity index (χ4n) is 2.15. The second kappa shape index (κ2) is 5.68. The first-order valence-corrected chi connectivity index (χ1v) is 6.08. The number of rotatable bonds is 4. The summed E-state index contributed by atoms with van der Waals surface area (Å²) in [7, 11) is 0. The molecule has 2 N–H and O–H groups in total. The third-order valence-corrected chi connectivity index (χ3v) is 3.25. The zero-order valence-corrected chi connectivity index (χ0v) is 10.6.